The van der Waals surface area contributed by atoms with E-state index < -0.39 is 0 Å². The average molecular weight is 382 g/mol. The van der Waals surface area contributed by atoms with E-state index in [0.717, 1.165) is 33.8 Å². The smallest absolute Gasteiger partial charge is 0.255 e. The molecule has 2 aromatic rings. The van der Waals surface area contributed by atoms with Crippen molar-refractivity contribution in [2.24, 2.45) is 0 Å². The first-order chi connectivity index (χ1) is 12.9. The third-order valence-electron chi connectivity index (χ3n) is 4.58. The van der Waals surface area contributed by atoms with Crippen LogP contribution < -0.4 is 20.7 Å². The second-order valence-corrected chi connectivity index (χ2v) is 7.03. The molecular weight excluding hydrogens is 358 g/mol. The number of amides is 1. The van der Waals surface area contributed by atoms with Crippen molar-refractivity contribution in [1.82, 2.24) is 10.6 Å². The van der Waals surface area contributed by atoms with Crippen molar-refractivity contribution in [3.63, 3.8) is 0 Å². The highest BCUT2D eigenvalue weighted by Gasteiger charge is 2.30. The highest BCUT2D eigenvalue weighted by Crippen LogP contribution is 2.30. The Hall–Kier alpha value is -2.86. The molecule has 1 amide bonds. The maximum Gasteiger partial charge on any atom is 0.255 e. The number of methoxy groups -OCH3 is 1. The molecule has 0 aromatic heterocycles. The van der Waals surface area contributed by atoms with Gasteiger partial charge in [0.25, 0.3) is 5.91 Å². The second kappa shape index (κ2) is 7.80. The van der Waals surface area contributed by atoms with E-state index in [9.17, 15) is 4.79 Å². The lowest BCUT2D eigenvalue weighted by molar-refractivity contribution is -0.113. The van der Waals surface area contributed by atoms with Crippen LogP contribution in [0.3, 0.4) is 0 Å². The van der Waals surface area contributed by atoms with Gasteiger partial charge in [-0.3, -0.25) is 4.79 Å². The van der Waals surface area contributed by atoms with Gasteiger partial charge in [0.1, 0.15) is 5.75 Å². The standard InChI is InChI=1S/C21H23N3O2S/c1-12-8-9-13(2)17(10-12)23-20(25)18-14(3)22-21(27)24-19(18)15-6-5-7-16(11-15)26-4/h5-11,19H,1-4H3,(H,23,25)(H2,22,24,27)/t19-/m0/s1. The molecule has 0 radical (unpaired) electrons. The van der Waals surface area contributed by atoms with Gasteiger partial charge in [0.15, 0.2) is 5.11 Å². The van der Waals surface area contributed by atoms with E-state index >= 15 is 0 Å². The van der Waals surface area contributed by atoms with Crippen LogP contribution in [0.25, 0.3) is 0 Å². The summed E-state index contributed by atoms with van der Waals surface area (Å²) in [6.07, 6.45) is 0. The van der Waals surface area contributed by atoms with Crippen molar-refractivity contribution >= 4 is 28.9 Å². The molecule has 1 aliphatic heterocycles. The zero-order valence-electron chi connectivity index (χ0n) is 15.8. The van der Waals surface area contributed by atoms with Crippen LogP contribution in [0.15, 0.2) is 53.7 Å². The van der Waals surface area contributed by atoms with Gasteiger partial charge < -0.3 is 20.7 Å². The molecule has 6 heteroatoms. The van der Waals surface area contributed by atoms with Gasteiger partial charge >= 0.3 is 0 Å². The molecule has 0 saturated carbocycles. The zero-order chi connectivity index (χ0) is 19.6. The maximum atomic E-state index is 13.2. The van der Waals surface area contributed by atoms with Crippen molar-refractivity contribution in [2.75, 3.05) is 12.4 Å². The predicted molar refractivity (Wildman–Crippen MR) is 112 cm³/mol. The summed E-state index contributed by atoms with van der Waals surface area (Å²) in [7, 11) is 1.62. The van der Waals surface area contributed by atoms with Gasteiger partial charge in [0.2, 0.25) is 0 Å². The van der Waals surface area contributed by atoms with Crippen LogP contribution >= 0.6 is 12.2 Å². The molecule has 140 valence electrons. The van der Waals surface area contributed by atoms with Crippen molar-refractivity contribution in [3.05, 3.63) is 70.4 Å². The highest BCUT2D eigenvalue weighted by molar-refractivity contribution is 7.80. The number of aryl methyl sites for hydroxylation is 2. The quantitative estimate of drug-likeness (QED) is 0.704. The summed E-state index contributed by atoms with van der Waals surface area (Å²) in [6, 6.07) is 13.3. The van der Waals surface area contributed by atoms with Crippen LogP contribution in [0.4, 0.5) is 5.69 Å². The average Bonchev–Trinajstić information content (AvgIpc) is 2.64. The number of allylic oxidation sites excluding steroid dienone is 1. The lowest BCUT2D eigenvalue weighted by Gasteiger charge is -2.30. The third kappa shape index (κ3) is 4.11. The van der Waals surface area contributed by atoms with Crippen LogP contribution in [-0.2, 0) is 4.79 Å². The predicted octanol–water partition coefficient (Wildman–Crippen LogP) is 3.74. The first-order valence-electron chi connectivity index (χ1n) is 8.70. The molecule has 3 N–H and O–H groups in total. The summed E-state index contributed by atoms with van der Waals surface area (Å²) in [5.74, 6) is 0.558. The Morgan fingerprint density at radius 3 is 2.67 bits per heavy atom. The highest BCUT2D eigenvalue weighted by atomic mass is 32.1. The van der Waals surface area contributed by atoms with Crippen LogP contribution in [0, 0.1) is 13.8 Å². The summed E-state index contributed by atoms with van der Waals surface area (Å²) in [5.41, 5.74) is 5.14. The number of anilines is 1. The largest absolute Gasteiger partial charge is 0.497 e. The molecular formula is C21H23N3O2S. The summed E-state index contributed by atoms with van der Waals surface area (Å²) >= 11 is 5.31. The fourth-order valence-corrected chi connectivity index (χ4v) is 3.40. The number of hydrogen-bond donors (Lipinski definition) is 3. The van der Waals surface area contributed by atoms with Gasteiger partial charge in [-0.2, -0.15) is 0 Å². The Bertz CT molecular complexity index is 937. The minimum absolute atomic E-state index is 0.170. The maximum absolute atomic E-state index is 13.2. The number of ether oxygens (including phenoxy) is 1. The van der Waals surface area contributed by atoms with E-state index in [2.05, 4.69) is 16.0 Å². The Balaban J connectivity index is 1.98. The fraction of sp³-hybridized carbons (Fsp3) is 0.238. The minimum atomic E-state index is -0.362. The summed E-state index contributed by atoms with van der Waals surface area (Å²) in [6.45, 7) is 5.83. The number of carbonyl (C=O) groups excluding carboxylic acids is 1. The molecule has 5 nitrogen and oxygen atoms in total. The number of thiocarbonyl (C=S) groups is 1. The molecule has 0 unspecified atom stereocenters. The molecule has 0 saturated heterocycles. The normalized spacial score (nSPS) is 16.4. The van der Waals surface area contributed by atoms with Crippen molar-refractivity contribution in [1.29, 1.82) is 0 Å². The van der Waals surface area contributed by atoms with E-state index in [1.54, 1.807) is 7.11 Å². The number of rotatable bonds is 4. The Morgan fingerprint density at radius 2 is 1.93 bits per heavy atom. The van der Waals surface area contributed by atoms with Crippen LogP contribution in [0.2, 0.25) is 0 Å². The third-order valence-corrected chi connectivity index (χ3v) is 4.80. The Morgan fingerprint density at radius 1 is 1.15 bits per heavy atom. The van der Waals surface area contributed by atoms with Gasteiger partial charge in [-0.25, -0.2) is 0 Å². The first-order valence-corrected chi connectivity index (χ1v) is 9.10. The molecule has 27 heavy (non-hydrogen) atoms. The molecule has 0 bridgehead atoms. The van der Waals surface area contributed by atoms with Gasteiger partial charge in [-0.05, 0) is 67.9 Å². The zero-order valence-corrected chi connectivity index (χ0v) is 16.7. The minimum Gasteiger partial charge on any atom is -0.497 e. The number of nitrogens with one attached hydrogen (secondary N) is 3. The van der Waals surface area contributed by atoms with Gasteiger partial charge in [-0.1, -0.05) is 24.3 Å². The fourth-order valence-electron chi connectivity index (χ4n) is 3.13. The summed E-state index contributed by atoms with van der Waals surface area (Å²) in [5, 5.41) is 9.79. The topological polar surface area (TPSA) is 62.4 Å². The van der Waals surface area contributed by atoms with E-state index in [-0.39, 0.29) is 11.9 Å². The van der Waals surface area contributed by atoms with Crippen molar-refractivity contribution in [3.8, 4) is 5.75 Å². The first kappa shape index (κ1) is 18.9. The lowest BCUT2D eigenvalue weighted by Crippen LogP contribution is -2.45. The van der Waals surface area contributed by atoms with Gasteiger partial charge in [0, 0.05) is 11.4 Å². The second-order valence-electron chi connectivity index (χ2n) is 6.62. The van der Waals surface area contributed by atoms with Crippen molar-refractivity contribution < 1.29 is 9.53 Å². The SMILES string of the molecule is COc1cccc([C@@H]2NC(=S)NC(C)=C2C(=O)Nc2cc(C)ccc2C)c1. The van der Waals surface area contributed by atoms with Crippen LogP contribution in [-0.4, -0.2) is 18.1 Å². The van der Waals surface area contributed by atoms with E-state index in [4.69, 9.17) is 17.0 Å². The van der Waals surface area contributed by atoms with Gasteiger partial charge in [-0.15, -0.1) is 0 Å². The molecule has 1 aliphatic rings. The lowest BCUT2D eigenvalue weighted by atomic mass is 9.94. The van der Waals surface area contributed by atoms with Crippen LogP contribution in [0.1, 0.15) is 29.7 Å². The summed E-state index contributed by atoms with van der Waals surface area (Å²) < 4.78 is 5.33. The molecule has 0 fully saturated rings. The van der Waals surface area contributed by atoms with Gasteiger partial charge in [0.05, 0.1) is 18.7 Å². The van der Waals surface area contributed by atoms with Crippen LogP contribution in [0.5, 0.6) is 5.75 Å². The molecule has 3 rings (SSSR count). The Kier molecular flexibility index (Phi) is 5.46. The summed E-state index contributed by atoms with van der Waals surface area (Å²) in [4.78, 5) is 13.2. The molecule has 0 spiro atoms. The van der Waals surface area contributed by atoms with E-state index in [1.807, 2.05) is 63.2 Å². The van der Waals surface area contributed by atoms with E-state index in [1.165, 1.54) is 0 Å². The monoisotopic (exact) mass is 381 g/mol. The van der Waals surface area contributed by atoms with E-state index in [0.29, 0.717) is 10.7 Å². The molecule has 2 aromatic carbocycles. The van der Waals surface area contributed by atoms with Crippen molar-refractivity contribution in [2.45, 2.75) is 26.8 Å². The molecule has 1 atom stereocenters. The Labute approximate surface area is 164 Å². The molecule has 1 heterocycles. The number of carbonyl (C=O) groups is 1. The number of benzene rings is 2. The number of hydrogen-bond acceptors (Lipinski definition) is 3. The molecule has 0 aliphatic carbocycles.